The van der Waals surface area contributed by atoms with Gasteiger partial charge in [-0.3, -0.25) is 4.79 Å². The fourth-order valence-electron chi connectivity index (χ4n) is 5.07. The van der Waals surface area contributed by atoms with Crippen molar-refractivity contribution in [1.29, 1.82) is 0 Å². The number of aliphatic carboxylic acids is 1. The molecule has 0 radical (unpaired) electrons. The molecule has 0 bridgehead atoms. The smallest absolute Gasteiger partial charge is 0.353 e. The summed E-state index contributed by atoms with van der Waals surface area (Å²) in [6, 6.07) is 3.86. The molecule has 1 aromatic heterocycles. The number of carboxylic acids is 1. The fourth-order valence-corrected chi connectivity index (χ4v) is 5.87. The van der Waals surface area contributed by atoms with Crippen LogP contribution in [0.1, 0.15) is 17.5 Å². The first-order chi connectivity index (χ1) is 16.5. The van der Waals surface area contributed by atoms with E-state index in [0.29, 0.717) is 35.9 Å². The molecule has 3 aliphatic rings. The molecule has 1 unspecified atom stereocenters. The molecule has 11 heteroatoms. The lowest BCUT2D eigenvalue weighted by atomic mass is 9.91. The Bertz CT molecular complexity index is 1570. The van der Waals surface area contributed by atoms with Crippen LogP contribution in [0.25, 0.3) is 11.3 Å². The van der Waals surface area contributed by atoms with Crippen LogP contribution in [0.2, 0.25) is 0 Å². The SMILES string of the molecule is Cn1ccc2c(c1=O)C1=C3C(=C(C(=O)O)N(c4ccc(F)cc4F)C3CCN1)C=C2CS(C)(=O)=O. The minimum atomic E-state index is -3.57. The Labute approximate surface area is 199 Å². The number of pyridine rings is 1. The van der Waals surface area contributed by atoms with Crippen molar-refractivity contribution in [3.8, 4) is 0 Å². The molecule has 2 aliphatic heterocycles. The van der Waals surface area contributed by atoms with Crippen LogP contribution in [-0.4, -0.2) is 48.7 Å². The highest BCUT2D eigenvalue weighted by atomic mass is 32.2. The molecule has 182 valence electrons. The average Bonchev–Trinajstić information content (AvgIpc) is 3.01. The van der Waals surface area contributed by atoms with Gasteiger partial charge < -0.3 is 19.9 Å². The van der Waals surface area contributed by atoms with Crippen molar-refractivity contribution in [2.75, 3.05) is 23.5 Å². The molecule has 1 atom stereocenters. The van der Waals surface area contributed by atoms with Gasteiger partial charge in [0.25, 0.3) is 5.56 Å². The van der Waals surface area contributed by atoms with E-state index in [1.807, 2.05) is 0 Å². The van der Waals surface area contributed by atoms with E-state index in [9.17, 15) is 31.9 Å². The van der Waals surface area contributed by atoms with Crippen molar-refractivity contribution < 1.29 is 27.1 Å². The molecule has 0 saturated carbocycles. The van der Waals surface area contributed by atoms with Gasteiger partial charge in [0.15, 0.2) is 9.84 Å². The van der Waals surface area contributed by atoms with E-state index >= 15 is 0 Å². The third kappa shape index (κ3) is 3.66. The summed E-state index contributed by atoms with van der Waals surface area (Å²) in [6.07, 6.45) is 4.41. The minimum absolute atomic E-state index is 0.123. The molecular formula is C24H21F2N3O5S. The Balaban J connectivity index is 1.90. The second-order valence-electron chi connectivity index (χ2n) is 8.81. The molecule has 8 nitrogen and oxygen atoms in total. The maximum absolute atomic E-state index is 14.9. The van der Waals surface area contributed by atoms with Gasteiger partial charge in [-0.1, -0.05) is 0 Å². The number of allylic oxidation sites excluding steroid dienone is 1. The Kier molecular flexibility index (Phi) is 5.20. The zero-order valence-corrected chi connectivity index (χ0v) is 19.6. The van der Waals surface area contributed by atoms with E-state index in [1.165, 1.54) is 27.8 Å². The lowest BCUT2D eigenvalue weighted by Gasteiger charge is -2.33. The summed E-state index contributed by atoms with van der Waals surface area (Å²) in [5.41, 5.74) is 1.12. The minimum Gasteiger partial charge on any atom is -0.477 e. The number of nitrogens with zero attached hydrogens (tertiary/aromatic N) is 2. The second kappa shape index (κ2) is 7.91. The first-order valence-electron chi connectivity index (χ1n) is 10.8. The number of nitrogens with one attached hydrogen (secondary N) is 1. The number of hydrogen-bond donors (Lipinski definition) is 2. The van der Waals surface area contributed by atoms with Crippen LogP contribution in [0.3, 0.4) is 0 Å². The monoisotopic (exact) mass is 501 g/mol. The molecule has 2 aromatic rings. The summed E-state index contributed by atoms with van der Waals surface area (Å²) in [5, 5.41) is 13.4. The maximum atomic E-state index is 14.9. The highest BCUT2D eigenvalue weighted by Gasteiger charge is 2.45. The Hall–Kier alpha value is -3.73. The maximum Gasteiger partial charge on any atom is 0.353 e. The van der Waals surface area contributed by atoms with Crippen LogP contribution in [0.5, 0.6) is 0 Å². The number of hydrogen-bond acceptors (Lipinski definition) is 6. The predicted molar refractivity (Wildman–Crippen MR) is 126 cm³/mol. The standard InChI is InChI=1S/C24H21F2N3O5S/c1-28-8-6-14-12(11-35(2,33)34)9-15-19-18(5-7-27-21(19)20(14)23(28)30)29(22(15)24(31)32)17-4-3-13(25)10-16(17)26/h3-4,6,8-10,18,27H,5,7,11H2,1-2H3,(H,31,32). The summed E-state index contributed by atoms with van der Waals surface area (Å²) in [6.45, 7) is 0.349. The summed E-state index contributed by atoms with van der Waals surface area (Å²) in [4.78, 5) is 27.1. The van der Waals surface area contributed by atoms with Crippen LogP contribution in [0, 0.1) is 11.6 Å². The average molecular weight is 502 g/mol. The van der Waals surface area contributed by atoms with E-state index in [2.05, 4.69) is 5.32 Å². The fraction of sp³-hybridized carbons (Fsp3) is 0.250. The number of fused-ring (bicyclic) bond motifs is 2. The molecule has 3 heterocycles. The molecule has 1 aliphatic carbocycles. The highest BCUT2D eigenvalue weighted by molar-refractivity contribution is 7.91. The van der Waals surface area contributed by atoms with Gasteiger partial charge in [-0.2, -0.15) is 0 Å². The van der Waals surface area contributed by atoms with Crippen molar-refractivity contribution in [3.63, 3.8) is 0 Å². The largest absolute Gasteiger partial charge is 0.477 e. The molecule has 5 rings (SSSR count). The van der Waals surface area contributed by atoms with E-state index in [1.54, 1.807) is 13.1 Å². The zero-order chi connectivity index (χ0) is 25.2. The summed E-state index contributed by atoms with van der Waals surface area (Å²) < 4.78 is 54.5. The first-order valence-corrected chi connectivity index (χ1v) is 12.8. The van der Waals surface area contributed by atoms with Gasteiger partial charge in [0.2, 0.25) is 0 Å². The van der Waals surface area contributed by atoms with Crippen LogP contribution >= 0.6 is 0 Å². The first kappa shape index (κ1) is 23.0. The number of rotatable bonds is 4. The topological polar surface area (TPSA) is 109 Å². The molecule has 35 heavy (non-hydrogen) atoms. The number of aromatic nitrogens is 1. The predicted octanol–water partition coefficient (Wildman–Crippen LogP) is 2.04. The van der Waals surface area contributed by atoms with Crippen LogP contribution in [-0.2, 0) is 21.7 Å². The molecule has 0 saturated heterocycles. The number of benzene rings is 1. The number of carboxylic acid groups (broad SMARTS) is 1. The number of aryl methyl sites for hydroxylation is 1. The highest BCUT2D eigenvalue weighted by Crippen LogP contribution is 2.47. The van der Waals surface area contributed by atoms with E-state index < -0.39 is 39.2 Å². The van der Waals surface area contributed by atoms with Crippen LogP contribution < -0.4 is 15.8 Å². The molecule has 2 N–H and O–H groups in total. The Morgan fingerprint density at radius 2 is 2.00 bits per heavy atom. The number of anilines is 1. The van der Waals surface area contributed by atoms with E-state index in [0.717, 1.165) is 12.3 Å². The van der Waals surface area contributed by atoms with E-state index in [4.69, 9.17) is 0 Å². The molecule has 0 spiro atoms. The van der Waals surface area contributed by atoms with Gasteiger partial charge in [-0.25, -0.2) is 22.0 Å². The van der Waals surface area contributed by atoms with Gasteiger partial charge in [-0.15, -0.1) is 0 Å². The lowest BCUT2D eigenvalue weighted by Crippen LogP contribution is -2.41. The molecule has 0 amide bonds. The Morgan fingerprint density at radius 1 is 1.26 bits per heavy atom. The van der Waals surface area contributed by atoms with Crippen molar-refractivity contribution in [3.05, 3.63) is 86.5 Å². The van der Waals surface area contributed by atoms with Crippen LogP contribution in [0.15, 0.2) is 58.2 Å². The van der Waals surface area contributed by atoms with Gasteiger partial charge in [-0.05, 0) is 41.8 Å². The number of carbonyl (C=O) groups is 1. The van der Waals surface area contributed by atoms with Crippen molar-refractivity contribution >= 4 is 32.8 Å². The lowest BCUT2D eigenvalue weighted by molar-refractivity contribution is -0.132. The molecule has 0 fully saturated rings. The Morgan fingerprint density at radius 3 is 2.66 bits per heavy atom. The normalized spacial score (nSPS) is 19.1. The third-order valence-electron chi connectivity index (χ3n) is 6.39. The molecular weight excluding hydrogens is 480 g/mol. The molecule has 1 aromatic carbocycles. The van der Waals surface area contributed by atoms with Gasteiger partial charge in [0.1, 0.15) is 17.3 Å². The van der Waals surface area contributed by atoms with E-state index in [-0.39, 0.29) is 33.7 Å². The zero-order valence-electron chi connectivity index (χ0n) is 18.8. The number of halogens is 2. The van der Waals surface area contributed by atoms with Crippen molar-refractivity contribution in [2.24, 2.45) is 7.05 Å². The van der Waals surface area contributed by atoms with Gasteiger partial charge in [0.05, 0.1) is 28.7 Å². The van der Waals surface area contributed by atoms with Gasteiger partial charge >= 0.3 is 5.97 Å². The summed E-state index contributed by atoms with van der Waals surface area (Å²) in [7, 11) is -2.01. The third-order valence-corrected chi connectivity index (χ3v) is 7.23. The van der Waals surface area contributed by atoms with Crippen molar-refractivity contribution in [1.82, 2.24) is 9.88 Å². The van der Waals surface area contributed by atoms with Crippen LogP contribution in [0.4, 0.5) is 14.5 Å². The van der Waals surface area contributed by atoms with Crippen molar-refractivity contribution in [2.45, 2.75) is 12.5 Å². The summed E-state index contributed by atoms with van der Waals surface area (Å²) in [5.74, 6) is -3.53. The second-order valence-corrected chi connectivity index (χ2v) is 11.0. The van der Waals surface area contributed by atoms with Gasteiger partial charge in [0, 0.05) is 43.3 Å². The quantitative estimate of drug-likeness (QED) is 0.660. The number of sulfone groups is 1. The summed E-state index contributed by atoms with van der Waals surface area (Å²) >= 11 is 0.